The van der Waals surface area contributed by atoms with Crippen molar-refractivity contribution in [3.63, 3.8) is 0 Å². The lowest BCUT2D eigenvalue weighted by atomic mass is 9.94. The molecule has 0 aromatic rings. The van der Waals surface area contributed by atoms with Crippen LogP contribution in [0.5, 0.6) is 0 Å². The normalized spacial score (nSPS) is 25.9. The Bertz CT molecular complexity index is 189. The van der Waals surface area contributed by atoms with Gasteiger partial charge in [0.25, 0.3) is 0 Å². The largest absolute Gasteiger partial charge is 0.317 e. The smallest absolute Gasteiger partial charge is 0.00952 e. The summed E-state index contributed by atoms with van der Waals surface area (Å²) in [6.07, 6.45) is 11.7. The lowest BCUT2D eigenvalue weighted by molar-refractivity contribution is 0.121. The summed E-state index contributed by atoms with van der Waals surface area (Å²) >= 11 is 0. The molecule has 1 N–H and O–H groups in total. The molecule has 100 valence electrons. The Morgan fingerprint density at radius 2 is 1.59 bits per heavy atom. The van der Waals surface area contributed by atoms with Gasteiger partial charge in [0.05, 0.1) is 0 Å². The highest BCUT2D eigenvalue weighted by Gasteiger charge is 2.25. The van der Waals surface area contributed by atoms with E-state index < -0.39 is 0 Å². The number of hydrogen-bond acceptors (Lipinski definition) is 2. The highest BCUT2D eigenvalue weighted by molar-refractivity contribution is 4.80. The van der Waals surface area contributed by atoms with E-state index >= 15 is 0 Å². The highest BCUT2D eigenvalue weighted by atomic mass is 15.2. The number of piperidine rings is 1. The van der Waals surface area contributed by atoms with E-state index in [1.54, 1.807) is 0 Å². The van der Waals surface area contributed by atoms with Crippen LogP contribution in [0.15, 0.2) is 0 Å². The third kappa shape index (κ3) is 4.26. The molecule has 1 aliphatic heterocycles. The summed E-state index contributed by atoms with van der Waals surface area (Å²) in [5.74, 6) is 0.942. The van der Waals surface area contributed by atoms with E-state index in [0.29, 0.717) is 0 Å². The zero-order valence-corrected chi connectivity index (χ0v) is 11.6. The maximum absolute atomic E-state index is 3.50. The van der Waals surface area contributed by atoms with Crippen LogP contribution in [0.4, 0.5) is 0 Å². The van der Waals surface area contributed by atoms with Gasteiger partial charge in [-0.05, 0) is 57.8 Å². The Morgan fingerprint density at radius 3 is 2.18 bits per heavy atom. The van der Waals surface area contributed by atoms with Crippen LogP contribution in [0.25, 0.3) is 0 Å². The molecule has 0 aromatic carbocycles. The van der Waals surface area contributed by atoms with Crippen molar-refractivity contribution in [3.05, 3.63) is 0 Å². The minimum atomic E-state index is 0.928. The second kappa shape index (κ2) is 7.38. The number of likely N-dealkylation sites (tertiary alicyclic amines) is 1. The molecule has 1 saturated heterocycles. The van der Waals surface area contributed by atoms with Crippen LogP contribution in [0.1, 0.15) is 58.3 Å². The first-order chi connectivity index (χ1) is 8.40. The predicted molar refractivity (Wildman–Crippen MR) is 74.3 cm³/mol. The molecule has 2 nitrogen and oxygen atoms in total. The number of hydrogen-bond donors (Lipinski definition) is 1. The van der Waals surface area contributed by atoms with Crippen LogP contribution in [0.3, 0.4) is 0 Å². The predicted octanol–water partition coefficient (Wildman–Crippen LogP) is 3.03. The summed E-state index contributed by atoms with van der Waals surface area (Å²) in [5.41, 5.74) is 0. The summed E-state index contributed by atoms with van der Waals surface area (Å²) in [4.78, 5) is 2.80. The average Bonchev–Trinajstić information content (AvgIpc) is 2.66. The zero-order chi connectivity index (χ0) is 11.9. The van der Waals surface area contributed by atoms with Crippen molar-refractivity contribution in [3.8, 4) is 0 Å². The van der Waals surface area contributed by atoms with Crippen LogP contribution in [-0.2, 0) is 0 Å². The fourth-order valence-corrected chi connectivity index (χ4v) is 3.49. The Labute approximate surface area is 107 Å². The quantitative estimate of drug-likeness (QED) is 0.757. The van der Waals surface area contributed by atoms with E-state index in [0.717, 1.165) is 18.5 Å². The molecular weight excluding hydrogens is 208 g/mol. The van der Waals surface area contributed by atoms with Gasteiger partial charge in [-0.25, -0.2) is 0 Å². The van der Waals surface area contributed by atoms with Crippen molar-refractivity contribution in [2.45, 2.75) is 64.3 Å². The van der Waals surface area contributed by atoms with Crippen molar-refractivity contribution in [1.29, 1.82) is 0 Å². The number of nitrogens with zero attached hydrogens (tertiary/aromatic N) is 1. The summed E-state index contributed by atoms with van der Waals surface area (Å²) in [7, 11) is 0. The van der Waals surface area contributed by atoms with Crippen LogP contribution in [0, 0.1) is 5.92 Å². The summed E-state index contributed by atoms with van der Waals surface area (Å²) in [6.45, 7) is 7.31. The lowest BCUT2D eigenvalue weighted by Crippen LogP contribution is -2.43. The van der Waals surface area contributed by atoms with Gasteiger partial charge in [0, 0.05) is 6.04 Å². The molecule has 0 spiro atoms. The van der Waals surface area contributed by atoms with Crippen molar-refractivity contribution in [2.24, 2.45) is 5.92 Å². The minimum absolute atomic E-state index is 0.928. The van der Waals surface area contributed by atoms with Crippen LogP contribution in [0.2, 0.25) is 0 Å². The van der Waals surface area contributed by atoms with Crippen LogP contribution in [-0.4, -0.2) is 37.1 Å². The van der Waals surface area contributed by atoms with E-state index in [-0.39, 0.29) is 0 Å². The molecule has 0 bridgehead atoms. The van der Waals surface area contributed by atoms with E-state index in [1.807, 2.05) is 0 Å². The van der Waals surface area contributed by atoms with Crippen LogP contribution < -0.4 is 5.32 Å². The Kier molecular flexibility index (Phi) is 5.79. The van der Waals surface area contributed by atoms with E-state index in [1.165, 1.54) is 71.0 Å². The Balaban J connectivity index is 1.70. The van der Waals surface area contributed by atoms with Gasteiger partial charge >= 0.3 is 0 Å². The molecule has 17 heavy (non-hydrogen) atoms. The van der Waals surface area contributed by atoms with E-state index in [4.69, 9.17) is 0 Å². The fraction of sp³-hybridized carbons (Fsp3) is 1.00. The summed E-state index contributed by atoms with van der Waals surface area (Å²) in [5, 5.41) is 3.50. The minimum Gasteiger partial charge on any atom is -0.317 e. The van der Waals surface area contributed by atoms with Crippen molar-refractivity contribution < 1.29 is 0 Å². The van der Waals surface area contributed by atoms with Crippen molar-refractivity contribution in [2.75, 3.05) is 26.2 Å². The first kappa shape index (κ1) is 13.4. The molecule has 1 aliphatic carbocycles. The molecule has 2 aliphatic rings. The molecule has 2 rings (SSSR count). The maximum Gasteiger partial charge on any atom is 0.00952 e. The molecule has 0 unspecified atom stereocenters. The Hall–Kier alpha value is -0.0800. The second-order valence-electron chi connectivity index (χ2n) is 5.93. The molecule has 0 amide bonds. The Morgan fingerprint density at radius 1 is 0.941 bits per heavy atom. The molecule has 0 aromatic heterocycles. The molecule has 1 heterocycles. The van der Waals surface area contributed by atoms with Crippen molar-refractivity contribution >= 4 is 0 Å². The third-order valence-corrected chi connectivity index (χ3v) is 4.67. The molecule has 0 radical (unpaired) electrons. The standard InChI is InChI=1S/C15H30N2/c1-2-16-13-14-9-11-17(12-10-14)15-7-5-3-4-6-8-15/h14-16H,2-13H2,1H3. The second-order valence-corrected chi connectivity index (χ2v) is 5.93. The third-order valence-electron chi connectivity index (χ3n) is 4.67. The molecule has 2 fully saturated rings. The van der Waals surface area contributed by atoms with Gasteiger partial charge in [-0.1, -0.05) is 32.6 Å². The first-order valence-corrected chi connectivity index (χ1v) is 7.85. The van der Waals surface area contributed by atoms with Gasteiger partial charge < -0.3 is 10.2 Å². The first-order valence-electron chi connectivity index (χ1n) is 7.85. The van der Waals surface area contributed by atoms with Gasteiger partial charge in [0.15, 0.2) is 0 Å². The SMILES string of the molecule is CCNCC1CCN(C2CCCCCC2)CC1. The van der Waals surface area contributed by atoms with Gasteiger partial charge in [0.1, 0.15) is 0 Å². The maximum atomic E-state index is 3.50. The molecule has 0 atom stereocenters. The van der Waals surface area contributed by atoms with Gasteiger partial charge in [-0.2, -0.15) is 0 Å². The lowest BCUT2D eigenvalue weighted by Gasteiger charge is -2.37. The van der Waals surface area contributed by atoms with E-state index in [2.05, 4.69) is 17.1 Å². The summed E-state index contributed by atoms with van der Waals surface area (Å²) in [6, 6.07) is 0.928. The van der Waals surface area contributed by atoms with Gasteiger partial charge in [-0.3, -0.25) is 0 Å². The highest BCUT2D eigenvalue weighted by Crippen LogP contribution is 2.26. The fourth-order valence-electron chi connectivity index (χ4n) is 3.49. The van der Waals surface area contributed by atoms with Gasteiger partial charge in [-0.15, -0.1) is 0 Å². The molecule has 1 saturated carbocycles. The van der Waals surface area contributed by atoms with Gasteiger partial charge in [0.2, 0.25) is 0 Å². The van der Waals surface area contributed by atoms with E-state index in [9.17, 15) is 0 Å². The molecule has 2 heteroatoms. The number of rotatable bonds is 4. The van der Waals surface area contributed by atoms with Crippen LogP contribution >= 0.6 is 0 Å². The summed E-state index contributed by atoms with van der Waals surface area (Å²) < 4.78 is 0. The average molecular weight is 238 g/mol. The zero-order valence-electron chi connectivity index (χ0n) is 11.6. The monoisotopic (exact) mass is 238 g/mol. The van der Waals surface area contributed by atoms with Crippen molar-refractivity contribution in [1.82, 2.24) is 10.2 Å². The topological polar surface area (TPSA) is 15.3 Å². The molecular formula is C15H30N2. The number of nitrogens with one attached hydrogen (secondary N) is 1.